The van der Waals surface area contributed by atoms with Crippen LogP contribution < -0.4 is 28.1 Å². The van der Waals surface area contributed by atoms with Crippen LogP contribution in [0.15, 0.2) is 24.3 Å². The third-order valence-corrected chi connectivity index (χ3v) is 8.96. The number of esters is 2. The molecule has 1 aromatic rings. The minimum absolute atomic E-state index is 0. The topological polar surface area (TPSA) is 347 Å². The van der Waals surface area contributed by atoms with E-state index in [1.165, 1.54) is 0 Å². The molecule has 4 amide bonds. The zero-order chi connectivity index (χ0) is 52.6. The summed E-state index contributed by atoms with van der Waals surface area (Å²) in [5.74, 6) is 6.59. The van der Waals surface area contributed by atoms with Crippen LogP contribution in [-0.4, -0.2) is 174 Å². The van der Waals surface area contributed by atoms with Gasteiger partial charge in [0.1, 0.15) is 22.8 Å². The summed E-state index contributed by atoms with van der Waals surface area (Å²) in [6, 6.07) is 6.67. The zero-order valence-corrected chi connectivity index (χ0v) is 42.9. The van der Waals surface area contributed by atoms with Crippen LogP contribution in [0.2, 0.25) is 0 Å². The van der Waals surface area contributed by atoms with Crippen LogP contribution in [-0.2, 0) is 66.7 Å². The van der Waals surface area contributed by atoms with Crippen molar-refractivity contribution in [3.8, 4) is 0 Å². The van der Waals surface area contributed by atoms with Gasteiger partial charge >= 0.3 is 11.9 Å². The third kappa shape index (κ3) is 38.5. The highest BCUT2D eigenvalue weighted by atomic mass is 16.6. The lowest BCUT2D eigenvalue weighted by molar-refractivity contribution is -0.157. The Kier molecular flexibility index (Phi) is 40.1. The Hall–Kier alpha value is -4.82. The summed E-state index contributed by atoms with van der Waals surface area (Å²) in [6.45, 7) is 15.9. The number of fused-ring (bicyclic) bond motifs is 1. The molecule has 71 heavy (non-hydrogen) atoms. The summed E-state index contributed by atoms with van der Waals surface area (Å²) in [7, 11) is 0. The van der Waals surface area contributed by atoms with Crippen molar-refractivity contribution >= 4 is 47.1 Å². The van der Waals surface area contributed by atoms with E-state index in [9.17, 15) is 38.4 Å². The minimum atomic E-state index is -0.511. The van der Waals surface area contributed by atoms with Crippen molar-refractivity contribution in [3.05, 3.63) is 35.4 Å². The molecule has 2 rings (SSSR count). The number of rotatable bonds is 37. The molecule has 0 fully saturated rings. The van der Waals surface area contributed by atoms with E-state index in [0.29, 0.717) is 109 Å². The van der Waals surface area contributed by atoms with E-state index in [2.05, 4.69) is 22.3 Å². The molecule has 0 radical (unpaired) electrons. The number of hydrazine groups is 1. The quantitative estimate of drug-likeness (QED) is 0.0206. The summed E-state index contributed by atoms with van der Waals surface area (Å²) in [5, 5.41) is 5.42. The Labute approximate surface area is 418 Å². The number of amides is 4. The molecule has 1 aromatic carbocycles. The summed E-state index contributed by atoms with van der Waals surface area (Å²) in [4.78, 5) is 95.8. The lowest BCUT2D eigenvalue weighted by atomic mass is 10.1. The van der Waals surface area contributed by atoms with Crippen molar-refractivity contribution < 1.29 is 81.7 Å². The molecule has 0 aliphatic carbocycles. The highest BCUT2D eigenvalue weighted by molar-refractivity contribution is 6.21. The molecule has 0 spiro atoms. The fourth-order valence-electron chi connectivity index (χ4n) is 5.79. The lowest BCUT2D eigenvalue weighted by Gasteiger charge is -2.19. The largest absolute Gasteiger partial charge is 0.460 e. The Morgan fingerprint density at radius 3 is 1.24 bits per heavy atom. The predicted molar refractivity (Wildman–Crippen MR) is 262 cm³/mol. The number of hydrogen-bond acceptors (Lipinski definition) is 19. The summed E-state index contributed by atoms with van der Waals surface area (Å²) >= 11 is 0. The van der Waals surface area contributed by atoms with Crippen molar-refractivity contribution in [1.29, 1.82) is 0 Å². The number of ketones is 2. The summed E-state index contributed by atoms with van der Waals surface area (Å²) in [5.41, 5.74) is 5.07. The van der Waals surface area contributed by atoms with Gasteiger partial charge in [-0.25, -0.2) is 0 Å². The zero-order valence-electron chi connectivity index (χ0n) is 42.9. The molecule has 23 nitrogen and oxygen atoms in total. The number of benzene rings is 1. The first-order chi connectivity index (χ1) is 33.3. The lowest BCUT2D eigenvalue weighted by Crippen LogP contribution is -2.33. The van der Waals surface area contributed by atoms with E-state index in [1.807, 2.05) is 41.5 Å². The fraction of sp³-hybridized carbons (Fsp3) is 0.708. The van der Waals surface area contributed by atoms with E-state index in [4.69, 9.17) is 43.6 Å². The van der Waals surface area contributed by atoms with E-state index < -0.39 is 11.2 Å². The van der Waals surface area contributed by atoms with Gasteiger partial charge in [0.05, 0.1) is 96.6 Å². The molecule has 1 aliphatic heterocycles. The van der Waals surface area contributed by atoms with Gasteiger partial charge in [0.15, 0.2) is 0 Å². The van der Waals surface area contributed by atoms with Crippen molar-refractivity contribution in [2.45, 2.75) is 117 Å². The number of nitrogens with zero attached hydrogens (tertiary/aromatic N) is 1. The average molecular weight is 1020 g/mol. The van der Waals surface area contributed by atoms with Crippen LogP contribution in [0.1, 0.15) is 126 Å². The van der Waals surface area contributed by atoms with E-state index in [1.54, 1.807) is 24.3 Å². The molecule has 1 heterocycles. The van der Waals surface area contributed by atoms with Gasteiger partial charge in [-0.3, -0.25) is 54.9 Å². The molecular weight excluding hydrogens is 933 g/mol. The first-order valence-corrected chi connectivity index (χ1v) is 23.8. The van der Waals surface area contributed by atoms with Gasteiger partial charge in [-0.2, -0.15) is 0 Å². The maximum atomic E-state index is 12.3. The summed E-state index contributed by atoms with van der Waals surface area (Å²) < 4.78 is 42.4. The standard InChI is InChI=1S/C28H40N2O9.C20H38N2O7.H4N2.H2O/c1-28(2,3)39-25(33)12-18-36-15-6-7-21(31)10-16-37-19-13-29-24(32)11-17-38-20-14-30-26(34)22-8-4-5-9-23(22)27(30)35;1-20(2,3)29-19(25)8-14-26-11-4-5-17(23)6-12-28-16-10-22-18(24)7-13-27-15-9-21;1-2;/h4-5,8-9H,6-7,10-20H2,1-3H3,(H,29,32);4-16,21H2,1-3H3,(H,22,24);1-2H2;1H2. The Bertz CT molecular complexity index is 1650. The summed E-state index contributed by atoms with van der Waals surface area (Å²) in [6.07, 6.45) is 3.40. The molecule has 0 saturated carbocycles. The number of nitrogens with two attached hydrogens (primary N) is 3. The Balaban J connectivity index is 0. The number of ether oxygens (including phenoxy) is 8. The number of Topliss-reactive ketones (excluding diaryl/α,β-unsaturated/α-hetero) is 2. The second-order valence-electron chi connectivity index (χ2n) is 17.4. The van der Waals surface area contributed by atoms with Crippen LogP contribution >= 0.6 is 0 Å². The van der Waals surface area contributed by atoms with Crippen LogP contribution in [0, 0.1) is 0 Å². The number of carbonyl (C=O) groups excluding carboxylic acids is 8. The van der Waals surface area contributed by atoms with Crippen molar-refractivity contribution in [3.63, 3.8) is 0 Å². The Morgan fingerprint density at radius 1 is 0.493 bits per heavy atom. The Morgan fingerprint density at radius 2 is 0.845 bits per heavy atom. The fourth-order valence-corrected chi connectivity index (χ4v) is 5.79. The first-order valence-electron chi connectivity index (χ1n) is 23.8. The van der Waals surface area contributed by atoms with Crippen molar-refractivity contribution in [2.75, 3.05) is 105 Å². The van der Waals surface area contributed by atoms with Gasteiger partial charge in [0.25, 0.3) is 11.8 Å². The molecule has 0 unspecified atom stereocenters. The maximum Gasteiger partial charge on any atom is 0.308 e. The highest BCUT2D eigenvalue weighted by Gasteiger charge is 2.34. The van der Waals surface area contributed by atoms with Crippen LogP contribution in [0.5, 0.6) is 0 Å². The van der Waals surface area contributed by atoms with Gasteiger partial charge < -0.3 is 59.7 Å². The predicted octanol–water partition coefficient (Wildman–Crippen LogP) is 1.28. The van der Waals surface area contributed by atoms with Gasteiger partial charge in [-0.05, 0) is 66.5 Å². The SMILES string of the molecule is CC(C)(C)OC(=O)CCOCCCC(=O)CCOCCNC(=O)CCOCCN.CC(C)(C)OC(=O)CCOCCCC(=O)CCOCCNC(=O)CCOCCN1C(=O)c2ccccc2C1=O.NN.O. The van der Waals surface area contributed by atoms with Crippen LogP contribution in [0.4, 0.5) is 0 Å². The average Bonchev–Trinajstić information content (AvgIpc) is 3.54. The molecule has 0 bridgehead atoms. The highest BCUT2D eigenvalue weighted by Crippen LogP contribution is 2.22. The number of carbonyl (C=O) groups is 8. The third-order valence-electron chi connectivity index (χ3n) is 8.96. The normalized spacial score (nSPS) is 11.8. The van der Waals surface area contributed by atoms with Gasteiger partial charge in [-0.1, -0.05) is 12.1 Å². The second kappa shape index (κ2) is 41.8. The molecule has 1 aliphatic rings. The molecule has 0 saturated heterocycles. The maximum absolute atomic E-state index is 12.3. The van der Waals surface area contributed by atoms with Crippen molar-refractivity contribution in [1.82, 2.24) is 15.5 Å². The van der Waals surface area contributed by atoms with E-state index in [0.717, 1.165) is 4.90 Å². The number of hydrogen-bond donors (Lipinski definition) is 5. The van der Waals surface area contributed by atoms with E-state index in [-0.39, 0.29) is 124 Å². The molecule has 23 heteroatoms. The molecule has 0 atom stereocenters. The molecular formula is C48H84N6O17. The molecule has 408 valence electrons. The van der Waals surface area contributed by atoms with Gasteiger partial charge in [-0.15, -0.1) is 0 Å². The van der Waals surface area contributed by atoms with Crippen molar-refractivity contribution in [2.24, 2.45) is 17.4 Å². The van der Waals surface area contributed by atoms with Crippen LogP contribution in [0.25, 0.3) is 0 Å². The minimum Gasteiger partial charge on any atom is -0.460 e. The van der Waals surface area contributed by atoms with Gasteiger partial charge in [0, 0.05) is 71.4 Å². The van der Waals surface area contributed by atoms with E-state index >= 15 is 0 Å². The second-order valence-corrected chi connectivity index (χ2v) is 17.4. The smallest absolute Gasteiger partial charge is 0.308 e. The monoisotopic (exact) mass is 1020 g/mol. The first kappa shape index (κ1) is 68.3. The number of imide groups is 1. The molecule has 10 N–H and O–H groups in total. The molecule has 0 aromatic heterocycles. The van der Waals surface area contributed by atoms with Crippen LogP contribution in [0.3, 0.4) is 0 Å². The number of nitrogens with one attached hydrogen (secondary N) is 2. The van der Waals surface area contributed by atoms with Gasteiger partial charge in [0.2, 0.25) is 11.8 Å².